The van der Waals surface area contributed by atoms with Crippen LogP contribution in [0.3, 0.4) is 0 Å². The number of anilines is 1. The van der Waals surface area contributed by atoms with Gasteiger partial charge in [0.2, 0.25) is 5.91 Å². The maximum absolute atomic E-state index is 12.6. The highest BCUT2D eigenvalue weighted by atomic mass is 16.5. The highest BCUT2D eigenvalue weighted by Crippen LogP contribution is 2.33. The number of primary amides is 1. The van der Waals surface area contributed by atoms with Crippen molar-refractivity contribution in [3.63, 3.8) is 0 Å². The molecule has 0 unspecified atom stereocenters. The summed E-state index contributed by atoms with van der Waals surface area (Å²) in [6, 6.07) is 6.66. The summed E-state index contributed by atoms with van der Waals surface area (Å²) in [5.74, 6) is 0.221. The molecule has 8 nitrogen and oxygen atoms in total. The number of nitrogens with two attached hydrogens (primary N) is 1. The Bertz CT molecular complexity index is 635. The lowest BCUT2D eigenvalue weighted by Gasteiger charge is -2.34. The number of carbonyl (C=O) groups excluding carboxylic acids is 3. The standard InChI is InChI=1S/C17H24N4O4/c1-19-16(23)14-11-21(12-7-4-5-8-13(12)25-14)15(22)9-3-2-6-10-20-17(18)24/h4-5,7-8,14H,2-3,6,9-11H2,1H3,(H,19,23)(H3,18,20,24)/t14-/m0/s1. The molecule has 1 heterocycles. The van der Waals surface area contributed by atoms with Crippen LogP contribution in [0.2, 0.25) is 0 Å². The van der Waals surface area contributed by atoms with Crippen molar-refractivity contribution >= 4 is 23.5 Å². The molecule has 8 heteroatoms. The number of nitrogens with zero attached hydrogens (tertiary/aromatic N) is 1. The molecule has 0 radical (unpaired) electrons. The van der Waals surface area contributed by atoms with Gasteiger partial charge in [0, 0.05) is 20.0 Å². The van der Waals surface area contributed by atoms with E-state index >= 15 is 0 Å². The fourth-order valence-corrected chi connectivity index (χ4v) is 2.69. The third kappa shape index (κ3) is 5.10. The third-order valence-corrected chi connectivity index (χ3v) is 3.98. The van der Waals surface area contributed by atoms with Gasteiger partial charge in [-0.3, -0.25) is 9.59 Å². The molecule has 25 heavy (non-hydrogen) atoms. The molecule has 0 fully saturated rings. The SMILES string of the molecule is CNC(=O)[C@@H]1CN(C(=O)CCCCCNC(N)=O)c2ccccc2O1. The second kappa shape index (κ2) is 8.91. The first-order valence-corrected chi connectivity index (χ1v) is 8.34. The van der Waals surface area contributed by atoms with Gasteiger partial charge in [-0.1, -0.05) is 18.6 Å². The number of para-hydroxylation sites is 2. The molecule has 1 aliphatic heterocycles. The second-order valence-corrected chi connectivity index (χ2v) is 5.79. The second-order valence-electron chi connectivity index (χ2n) is 5.79. The van der Waals surface area contributed by atoms with Gasteiger partial charge in [0.05, 0.1) is 12.2 Å². The molecule has 1 aliphatic rings. The van der Waals surface area contributed by atoms with Crippen LogP contribution in [0.5, 0.6) is 5.75 Å². The van der Waals surface area contributed by atoms with Crippen molar-refractivity contribution in [1.82, 2.24) is 10.6 Å². The van der Waals surface area contributed by atoms with Crippen molar-refractivity contribution in [1.29, 1.82) is 0 Å². The van der Waals surface area contributed by atoms with Crippen molar-refractivity contribution in [2.45, 2.75) is 31.8 Å². The Morgan fingerprint density at radius 2 is 2.00 bits per heavy atom. The predicted molar refractivity (Wildman–Crippen MR) is 93.3 cm³/mol. The first-order valence-electron chi connectivity index (χ1n) is 8.34. The first kappa shape index (κ1) is 18.6. The number of ether oxygens (including phenoxy) is 1. The minimum absolute atomic E-state index is 0.0486. The molecule has 0 saturated carbocycles. The number of unbranched alkanes of at least 4 members (excludes halogenated alkanes) is 2. The number of carbonyl (C=O) groups is 3. The van der Waals surface area contributed by atoms with Gasteiger partial charge < -0.3 is 26.0 Å². The quantitative estimate of drug-likeness (QED) is 0.631. The molecular formula is C17H24N4O4. The van der Waals surface area contributed by atoms with Crippen LogP contribution in [0.25, 0.3) is 0 Å². The van der Waals surface area contributed by atoms with E-state index in [4.69, 9.17) is 10.5 Å². The summed E-state index contributed by atoms with van der Waals surface area (Å²) in [6.45, 7) is 0.696. The molecule has 1 aromatic rings. The number of likely N-dealkylation sites (N-methyl/N-ethyl adjacent to an activating group) is 1. The number of amides is 4. The fourth-order valence-electron chi connectivity index (χ4n) is 2.69. The Labute approximate surface area is 146 Å². The van der Waals surface area contributed by atoms with E-state index in [2.05, 4.69) is 10.6 Å². The lowest BCUT2D eigenvalue weighted by molar-refractivity contribution is -0.127. The topological polar surface area (TPSA) is 114 Å². The van der Waals surface area contributed by atoms with Gasteiger partial charge in [-0.2, -0.15) is 0 Å². The average Bonchev–Trinajstić information content (AvgIpc) is 2.62. The monoisotopic (exact) mass is 348 g/mol. The normalized spacial score (nSPS) is 15.7. The highest BCUT2D eigenvalue weighted by molar-refractivity contribution is 5.97. The summed E-state index contributed by atoms with van der Waals surface area (Å²) in [5, 5.41) is 5.07. The van der Waals surface area contributed by atoms with E-state index in [9.17, 15) is 14.4 Å². The Balaban J connectivity index is 1.93. The van der Waals surface area contributed by atoms with Gasteiger partial charge in [-0.25, -0.2) is 4.79 Å². The molecule has 0 bridgehead atoms. The zero-order chi connectivity index (χ0) is 18.2. The summed E-state index contributed by atoms with van der Waals surface area (Å²) in [5.41, 5.74) is 5.68. The van der Waals surface area contributed by atoms with E-state index in [0.29, 0.717) is 30.8 Å². The number of hydrogen-bond acceptors (Lipinski definition) is 4. The van der Waals surface area contributed by atoms with Crippen LogP contribution in [0.1, 0.15) is 25.7 Å². The molecule has 4 N–H and O–H groups in total. The van der Waals surface area contributed by atoms with E-state index in [0.717, 1.165) is 12.8 Å². The van der Waals surface area contributed by atoms with Crippen LogP contribution < -0.4 is 26.0 Å². The van der Waals surface area contributed by atoms with Crippen molar-refractivity contribution in [3.8, 4) is 5.75 Å². The molecule has 0 aromatic heterocycles. The van der Waals surface area contributed by atoms with Gasteiger partial charge in [-0.15, -0.1) is 0 Å². The number of urea groups is 1. The molecule has 0 aliphatic carbocycles. The van der Waals surface area contributed by atoms with Gasteiger partial charge in [0.25, 0.3) is 5.91 Å². The number of rotatable bonds is 7. The number of nitrogens with one attached hydrogen (secondary N) is 2. The van der Waals surface area contributed by atoms with E-state index in [-0.39, 0.29) is 18.4 Å². The van der Waals surface area contributed by atoms with Crippen LogP contribution in [-0.2, 0) is 9.59 Å². The summed E-state index contributed by atoms with van der Waals surface area (Å²) < 4.78 is 5.69. The Kier molecular flexibility index (Phi) is 6.62. The van der Waals surface area contributed by atoms with Gasteiger partial charge in [-0.05, 0) is 25.0 Å². The molecule has 2 rings (SSSR count). The maximum atomic E-state index is 12.6. The third-order valence-electron chi connectivity index (χ3n) is 3.98. The van der Waals surface area contributed by atoms with Crippen molar-refractivity contribution < 1.29 is 19.1 Å². The zero-order valence-corrected chi connectivity index (χ0v) is 14.3. The average molecular weight is 348 g/mol. The summed E-state index contributed by atoms with van der Waals surface area (Å²) >= 11 is 0. The van der Waals surface area contributed by atoms with Gasteiger partial charge in [0.15, 0.2) is 6.10 Å². The first-order chi connectivity index (χ1) is 12.0. The number of hydrogen-bond donors (Lipinski definition) is 3. The minimum atomic E-state index is -0.719. The highest BCUT2D eigenvalue weighted by Gasteiger charge is 2.32. The van der Waals surface area contributed by atoms with Crippen LogP contribution in [0.15, 0.2) is 24.3 Å². The van der Waals surface area contributed by atoms with Crippen LogP contribution in [0, 0.1) is 0 Å². The Hall–Kier alpha value is -2.77. The molecular weight excluding hydrogens is 324 g/mol. The summed E-state index contributed by atoms with van der Waals surface area (Å²) in [4.78, 5) is 36.7. The van der Waals surface area contributed by atoms with Crippen LogP contribution in [0.4, 0.5) is 10.5 Å². The van der Waals surface area contributed by atoms with Crippen LogP contribution in [-0.4, -0.2) is 44.1 Å². The van der Waals surface area contributed by atoms with Gasteiger partial charge >= 0.3 is 6.03 Å². The molecule has 136 valence electrons. The van der Waals surface area contributed by atoms with E-state index < -0.39 is 12.1 Å². The maximum Gasteiger partial charge on any atom is 0.312 e. The van der Waals surface area contributed by atoms with Gasteiger partial charge in [0.1, 0.15) is 5.75 Å². The smallest absolute Gasteiger partial charge is 0.312 e. The lowest BCUT2D eigenvalue weighted by Crippen LogP contribution is -2.50. The molecule has 1 aromatic carbocycles. The molecule has 4 amide bonds. The van der Waals surface area contributed by atoms with Crippen LogP contribution >= 0.6 is 0 Å². The Morgan fingerprint density at radius 1 is 1.24 bits per heavy atom. The minimum Gasteiger partial charge on any atom is -0.477 e. The van der Waals surface area contributed by atoms with Crippen molar-refractivity contribution in [2.75, 3.05) is 25.0 Å². The Morgan fingerprint density at radius 3 is 2.72 bits per heavy atom. The fraction of sp³-hybridized carbons (Fsp3) is 0.471. The van der Waals surface area contributed by atoms with E-state index in [1.807, 2.05) is 12.1 Å². The molecule has 1 atom stereocenters. The van der Waals surface area contributed by atoms with Crippen molar-refractivity contribution in [2.24, 2.45) is 5.73 Å². The van der Waals surface area contributed by atoms with E-state index in [1.165, 1.54) is 0 Å². The molecule has 0 spiro atoms. The molecule has 0 saturated heterocycles. The van der Waals surface area contributed by atoms with E-state index in [1.54, 1.807) is 24.1 Å². The summed E-state index contributed by atoms with van der Waals surface area (Å²) in [7, 11) is 1.54. The zero-order valence-electron chi connectivity index (χ0n) is 14.3. The number of fused-ring (bicyclic) bond motifs is 1. The lowest BCUT2D eigenvalue weighted by atomic mass is 10.1. The number of benzene rings is 1. The van der Waals surface area contributed by atoms with Crippen molar-refractivity contribution in [3.05, 3.63) is 24.3 Å². The largest absolute Gasteiger partial charge is 0.477 e. The predicted octanol–water partition coefficient (Wildman–Crippen LogP) is 0.755. The summed E-state index contributed by atoms with van der Waals surface area (Å²) in [6.07, 6.45) is 1.91.